The van der Waals surface area contributed by atoms with Gasteiger partial charge in [-0.3, -0.25) is 0 Å². The lowest BCUT2D eigenvalue weighted by molar-refractivity contribution is 0.481. The van der Waals surface area contributed by atoms with Crippen molar-refractivity contribution in [2.24, 2.45) is 0 Å². The van der Waals surface area contributed by atoms with Crippen LogP contribution in [0.4, 0.5) is 0 Å². The number of hydrogen-bond acceptors (Lipinski definition) is 2. The first kappa shape index (κ1) is 7.63. The number of rotatable bonds is 0. The van der Waals surface area contributed by atoms with Gasteiger partial charge in [0.2, 0.25) is 0 Å². The highest BCUT2D eigenvalue weighted by Gasteiger charge is 1.99. The van der Waals surface area contributed by atoms with Gasteiger partial charge in [-0.15, -0.1) is 0 Å². The molecule has 0 spiro atoms. The number of nitriles is 1. The van der Waals surface area contributed by atoms with Crippen LogP contribution in [0.25, 0.3) is 10.8 Å². The predicted octanol–water partition coefficient (Wildman–Crippen LogP) is 2.42. The van der Waals surface area contributed by atoms with Crippen LogP contribution in [0.5, 0.6) is 5.75 Å². The molecule has 0 saturated heterocycles. The number of fused-ring (bicyclic) bond motifs is 1. The Bertz CT molecular complexity index is 497. The molecule has 0 aliphatic carbocycles. The monoisotopic (exact) mass is 169 g/mol. The maximum absolute atomic E-state index is 9.48. The minimum absolute atomic E-state index is 0.217. The highest BCUT2D eigenvalue weighted by atomic mass is 16.3. The Hall–Kier alpha value is -2.01. The molecule has 0 aromatic heterocycles. The van der Waals surface area contributed by atoms with Crippen LogP contribution < -0.4 is 0 Å². The minimum atomic E-state index is 0.217. The van der Waals surface area contributed by atoms with E-state index in [1.807, 2.05) is 18.2 Å². The first-order valence-electron chi connectivity index (χ1n) is 3.93. The van der Waals surface area contributed by atoms with Gasteiger partial charge in [0, 0.05) is 5.39 Å². The van der Waals surface area contributed by atoms with E-state index < -0.39 is 0 Å². The maximum Gasteiger partial charge on any atom is 0.123 e. The molecule has 0 fully saturated rings. The topological polar surface area (TPSA) is 44.0 Å². The number of hydrogen-bond donors (Lipinski definition) is 1. The lowest BCUT2D eigenvalue weighted by Gasteiger charge is -1.99. The number of aromatic hydroxyl groups is 1. The molecule has 0 radical (unpaired) electrons. The largest absolute Gasteiger partial charge is 0.507 e. The minimum Gasteiger partial charge on any atom is -0.507 e. The van der Waals surface area contributed by atoms with Crippen molar-refractivity contribution in [2.75, 3.05) is 0 Å². The van der Waals surface area contributed by atoms with Crippen molar-refractivity contribution in [2.45, 2.75) is 0 Å². The Morgan fingerprint density at radius 1 is 1.15 bits per heavy atom. The standard InChI is InChI=1S/C11H7NO/c12-7-8-4-5-9-2-1-3-11(13)10(9)6-8/h1-6,13H. The van der Waals surface area contributed by atoms with Crippen molar-refractivity contribution in [1.82, 2.24) is 0 Å². The Kier molecular flexibility index (Phi) is 1.64. The van der Waals surface area contributed by atoms with Crippen LogP contribution in [0.2, 0.25) is 0 Å². The summed E-state index contributed by atoms with van der Waals surface area (Å²) in [6.07, 6.45) is 0. The summed E-state index contributed by atoms with van der Waals surface area (Å²) in [6.45, 7) is 0. The summed E-state index contributed by atoms with van der Waals surface area (Å²) in [5, 5.41) is 19.8. The lowest BCUT2D eigenvalue weighted by Crippen LogP contribution is -1.76. The van der Waals surface area contributed by atoms with Gasteiger partial charge in [-0.25, -0.2) is 0 Å². The third-order valence-electron chi connectivity index (χ3n) is 1.99. The van der Waals surface area contributed by atoms with Crippen molar-refractivity contribution >= 4 is 10.8 Å². The van der Waals surface area contributed by atoms with Crippen molar-refractivity contribution in [3.8, 4) is 11.8 Å². The van der Waals surface area contributed by atoms with Gasteiger partial charge in [-0.1, -0.05) is 18.2 Å². The van der Waals surface area contributed by atoms with E-state index in [1.165, 1.54) is 0 Å². The fourth-order valence-electron chi connectivity index (χ4n) is 1.33. The number of nitrogens with zero attached hydrogens (tertiary/aromatic N) is 1. The van der Waals surface area contributed by atoms with E-state index >= 15 is 0 Å². The number of benzene rings is 2. The molecule has 2 rings (SSSR count). The molecule has 2 aromatic carbocycles. The molecule has 0 atom stereocenters. The molecule has 0 unspecified atom stereocenters. The van der Waals surface area contributed by atoms with E-state index in [-0.39, 0.29) is 5.75 Å². The summed E-state index contributed by atoms with van der Waals surface area (Å²) in [5.74, 6) is 0.217. The van der Waals surface area contributed by atoms with Crippen LogP contribution in [-0.4, -0.2) is 5.11 Å². The van der Waals surface area contributed by atoms with Gasteiger partial charge in [-0.2, -0.15) is 5.26 Å². The fourth-order valence-corrected chi connectivity index (χ4v) is 1.33. The molecule has 2 nitrogen and oxygen atoms in total. The van der Waals surface area contributed by atoms with Crippen LogP contribution in [-0.2, 0) is 0 Å². The Morgan fingerprint density at radius 2 is 2.00 bits per heavy atom. The van der Waals surface area contributed by atoms with Crippen LogP contribution in [0.1, 0.15) is 5.56 Å². The molecule has 13 heavy (non-hydrogen) atoms. The van der Waals surface area contributed by atoms with Gasteiger partial charge < -0.3 is 5.11 Å². The van der Waals surface area contributed by atoms with Gasteiger partial charge in [0.05, 0.1) is 11.6 Å². The van der Waals surface area contributed by atoms with Crippen LogP contribution in [0.3, 0.4) is 0 Å². The highest BCUT2D eigenvalue weighted by molar-refractivity contribution is 5.89. The Morgan fingerprint density at radius 3 is 2.77 bits per heavy atom. The fraction of sp³-hybridized carbons (Fsp3) is 0. The van der Waals surface area contributed by atoms with Crippen LogP contribution in [0, 0.1) is 11.3 Å². The smallest absolute Gasteiger partial charge is 0.123 e. The second-order valence-electron chi connectivity index (χ2n) is 2.82. The van der Waals surface area contributed by atoms with Crippen molar-refractivity contribution < 1.29 is 5.11 Å². The van der Waals surface area contributed by atoms with E-state index in [4.69, 9.17) is 5.26 Å². The maximum atomic E-state index is 9.48. The molecule has 0 heterocycles. The van der Waals surface area contributed by atoms with E-state index in [1.54, 1.807) is 24.3 Å². The molecule has 0 aliphatic rings. The molecule has 62 valence electrons. The average molecular weight is 169 g/mol. The number of phenols is 1. The molecular weight excluding hydrogens is 162 g/mol. The van der Waals surface area contributed by atoms with E-state index in [0.717, 1.165) is 10.8 Å². The SMILES string of the molecule is N#Cc1ccc2cccc(O)c2c1. The molecular formula is C11H7NO. The Labute approximate surface area is 75.7 Å². The molecule has 0 aliphatic heterocycles. The van der Waals surface area contributed by atoms with Crippen molar-refractivity contribution in [1.29, 1.82) is 5.26 Å². The van der Waals surface area contributed by atoms with Crippen LogP contribution >= 0.6 is 0 Å². The third kappa shape index (κ3) is 1.21. The number of phenolic OH excluding ortho intramolecular Hbond substituents is 1. The second-order valence-corrected chi connectivity index (χ2v) is 2.82. The summed E-state index contributed by atoms with van der Waals surface area (Å²) in [5.41, 5.74) is 0.564. The summed E-state index contributed by atoms with van der Waals surface area (Å²) in [7, 11) is 0. The van der Waals surface area contributed by atoms with E-state index in [9.17, 15) is 5.11 Å². The average Bonchev–Trinajstić information content (AvgIpc) is 2.18. The van der Waals surface area contributed by atoms with Gasteiger partial charge in [0.25, 0.3) is 0 Å². The van der Waals surface area contributed by atoms with Crippen LogP contribution in [0.15, 0.2) is 36.4 Å². The molecule has 2 heteroatoms. The van der Waals surface area contributed by atoms with Gasteiger partial charge in [0.15, 0.2) is 0 Å². The zero-order valence-corrected chi connectivity index (χ0v) is 6.86. The normalized spacial score (nSPS) is 9.77. The van der Waals surface area contributed by atoms with Crippen molar-refractivity contribution in [3.63, 3.8) is 0 Å². The third-order valence-corrected chi connectivity index (χ3v) is 1.99. The zero-order chi connectivity index (χ0) is 9.26. The zero-order valence-electron chi connectivity index (χ0n) is 6.86. The highest BCUT2D eigenvalue weighted by Crippen LogP contribution is 2.24. The van der Waals surface area contributed by atoms with Crippen molar-refractivity contribution in [3.05, 3.63) is 42.0 Å². The summed E-state index contributed by atoms with van der Waals surface area (Å²) >= 11 is 0. The second kappa shape index (κ2) is 2.80. The van der Waals surface area contributed by atoms with Gasteiger partial charge in [-0.05, 0) is 23.6 Å². The first-order valence-corrected chi connectivity index (χ1v) is 3.93. The first-order chi connectivity index (χ1) is 6.31. The Balaban J connectivity index is 2.84. The lowest BCUT2D eigenvalue weighted by atomic mass is 10.1. The molecule has 0 saturated carbocycles. The molecule has 1 N–H and O–H groups in total. The van der Waals surface area contributed by atoms with Gasteiger partial charge in [0.1, 0.15) is 5.75 Å². The van der Waals surface area contributed by atoms with E-state index in [0.29, 0.717) is 5.56 Å². The molecule has 0 bridgehead atoms. The quantitative estimate of drug-likeness (QED) is 0.658. The van der Waals surface area contributed by atoms with E-state index in [2.05, 4.69) is 0 Å². The molecule has 2 aromatic rings. The summed E-state index contributed by atoms with van der Waals surface area (Å²) in [4.78, 5) is 0. The van der Waals surface area contributed by atoms with Gasteiger partial charge >= 0.3 is 0 Å². The summed E-state index contributed by atoms with van der Waals surface area (Å²) < 4.78 is 0. The molecule has 0 amide bonds. The summed E-state index contributed by atoms with van der Waals surface area (Å²) in [6, 6.07) is 12.6. The predicted molar refractivity (Wildman–Crippen MR) is 50.3 cm³/mol.